The van der Waals surface area contributed by atoms with Gasteiger partial charge in [0.1, 0.15) is 5.82 Å². The first kappa shape index (κ1) is 13.8. The molecular formula is C17H11Br2F. The largest absolute Gasteiger partial charge is 0.206 e. The van der Waals surface area contributed by atoms with Gasteiger partial charge in [-0.25, -0.2) is 4.39 Å². The zero-order chi connectivity index (χ0) is 14.1. The Morgan fingerprint density at radius 2 is 1.45 bits per heavy atom. The van der Waals surface area contributed by atoms with Gasteiger partial charge in [-0.3, -0.25) is 0 Å². The maximum Gasteiger partial charge on any atom is 0.137 e. The summed E-state index contributed by atoms with van der Waals surface area (Å²) in [5.41, 5.74) is 2.18. The molecule has 20 heavy (non-hydrogen) atoms. The van der Waals surface area contributed by atoms with Crippen molar-refractivity contribution >= 4 is 42.6 Å². The van der Waals surface area contributed by atoms with Gasteiger partial charge < -0.3 is 0 Å². The molecule has 0 aliphatic heterocycles. The lowest BCUT2D eigenvalue weighted by Crippen LogP contribution is -1.93. The minimum atomic E-state index is -0.244. The maximum atomic E-state index is 13.3. The van der Waals surface area contributed by atoms with E-state index in [0.717, 1.165) is 11.1 Å². The number of halogens is 3. The Morgan fingerprint density at radius 3 is 2.20 bits per heavy atom. The molecule has 0 fully saturated rings. The van der Waals surface area contributed by atoms with Gasteiger partial charge in [-0.1, -0.05) is 58.4 Å². The Balaban J connectivity index is 2.02. The highest BCUT2D eigenvalue weighted by Gasteiger charge is 2.12. The van der Waals surface area contributed by atoms with Gasteiger partial charge in [0.2, 0.25) is 0 Å². The number of fused-ring (bicyclic) bond motifs is 1. The van der Waals surface area contributed by atoms with Crippen LogP contribution in [0.3, 0.4) is 0 Å². The maximum absolute atomic E-state index is 13.3. The smallest absolute Gasteiger partial charge is 0.137 e. The molecule has 0 heterocycles. The quantitative estimate of drug-likeness (QED) is 0.453. The van der Waals surface area contributed by atoms with E-state index in [1.54, 1.807) is 6.07 Å². The van der Waals surface area contributed by atoms with E-state index in [-0.39, 0.29) is 10.6 Å². The van der Waals surface area contributed by atoms with Crippen LogP contribution in [0.25, 0.3) is 10.8 Å². The minimum Gasteiger partial charge on any atom is -0.206 e. The van der Waals surface area contributed by atoms with E-state index in [1.807, 2.05) is 18.2 Å². The summed E-state index contributed by atoms with van der Waals surface area (Å²) < 4.78 is 13.8. The van der Waals surface area contributed by atoms with E-state index < -0.39 is 0 Å². The van der Waals surface area contributed by atoms with E-state index in [1.165, 1.54) is 16.8 Å². The normalized spacial score (nSPS) is 12.6. The second-order valence-electron chi connectivity index (χ2n) is 4.64. The molecular weight excluding hydrogens is 383 g/mol. The van der Waals surface area contributed by atoms with E-state index in [4.69, 9.17) is 0 Å². The van der Waals surface area contributed by atoms with Gasteiger partial charge >= 0.3 is 0 Å². The molecule has 0 saturated carbocycles. The van der Waals surface area contributed by atoms with E-state index in [0.29, 0.717) is 4.47 Å². The van der Waals surface area contributed by atoms with Crippen molar-refractivity contribution in [3.63, 3.8) is 0 Å². The monoisotopic (exact) mass is 392 g/mol. The van der Waals surface area contributed by atoms with Crippen molar-refractivity contribution in [2.24, 2.45) is 0 Å². The Labute approximate surface area is 133 Å². The van der Waals surface area contributed by atoms with Crippen molar-refractivity contribution in [2.75, 3.05) is 0 Å². The van der Waals surface area contributed by atoms with E-state index in [2.05, 4.69) is 62.2 Å². The second-order valence-corrected chi connectivity index (χ2v) is 6.41. The lowest BCUT2D eigenvalue weighted by molar-refractivity contribution is 0.620. The fourth-order valence-electron chi connectivity index (χ4n) is 2.23. The molecule has 3 rings (SSSR count). The highest BCUT2D eigenvalue weighted by atomic mass is 79.9. The molecule has 0 nitrogen and oxygen atoms in total. The van der Waals surface area contributed by atoms with Crippen LogP contribution >= 0.6 is 31.9 Å². The van der Waals surface area contributed by atoms with E-state index in [9.17, 15) is 4.39 Å². The number of hydrogen-bond donors (Lipinski definition) is 0. The lowest BCUT2D eigenvalue weighted by atomic mass is 10.0. The molecule has 3 aromatic carbocycles. The fraction of sp³-hybridized carbons (Fsp3) is 0.0588. The van der Waals surface area contributed by atoms with Gasteiger partial charge in [0.15, 0.2) is 0 Å². The van der Waals surface area contributed by atoms with Crippen LogP contribution in [-0.4, -0.2) is 0 Å². The summed E-state index contributed by atoms with van der Waals surface area (Å²) in [6.07, 6.45) is 0. The van der Waals surface area contributed by atoms with Gasteiger partial charge in [-0.2, -0.15) is 0 Å². The Kier molecular flexibility index (Phi) is 3.90. The van der Waals surface area contributed by atoms with Crippen LogP contribution in [0.2, 0.25) is 0 Å². The SMILES string of the molecule is Fc1ccc(C(Br)c2ccc3ccccc3c2)cc1Br. The molecule has 0 radical (unpaired) electrons. The zero-order valence-corrected chi connectivity index (χ0v) is 13.7. The predicted octanol–water partition coefficient (Wildman–Crippen LogP) is 6.23. The molecule has 0 N–H and O–H groups in total. The molecule has 0 aliphatic rings. The number of benzene rings is 3. The van der Waals surface area contributed by atoms with Crippen molar-refractivity contribution in [3.05, 3.63) is 82.1 Å². The third-order valence-corrected chi connectivity index (χ3v) is 4.97. The molecule has 1 atom stereocenters. The zero-order valence-electron chi connectivity index (χ0n) is 10.5. The summed E-state index contributed by atoms with van der Waals surface area (Å²) in [4.78, 5) is 0.0454. The molecule has 0 amide bonds. The van der Waals surface area contributed by atoms with Gasteiger partial charge in [0.25, 0.3) is 0 Å². The second kappa shape index (κ2) is 5.66. The van der Waals surface area contributed by atoms with Crippen LogP contribution in [0, 0.1) is 5.82 Å². The number of rotatable bonds is 2. The minimum absolute atomic E-state index is 0.0454. The molecule has 100 valence electrons. The number of hydrogen-bond acceptors (Lipinski definition) is 0. The lowest BCUT2D eigenvalue weighted by Gasteiger charge is -2.12. The summed E-state index contributed by atoms with van der Waals surface area (Å²) >= 11 is 6.93. The summed E-state index contributed by atoms with van der Waals surface area (Å²) in [6, 6.07) is 19.7. The third-order valence-electron chi connectivity index (χ3n) is 3.30. The molecule has 3 heteroatoms. The summed E-state index contributed by atoms with van der Waals surface area (Å²) in [5, 5.41) is 2.42. The first-order valence-electron chi connectivity index (χ1n) is 6.23. The first-order valence-corrected chi connectivity index (χ1v) is 7.94. The standard InChI is InChI=1S/C17H11Br2F/c18-15-10-14(7-8-16(15)20)17(19)13-6-5-11-3-1-2-4-12(11)9-13/h1-10,17H. The average Bonchev–Trinajstić information content (AvgIpc) is 2.49. The molecule has 3 aromatic rings. The molecule has 0 spiro atoms. The van der Waals surface area contributed by atoms with Crippen molar-refractivity contribution in [1.82, 2.24) is 0 Å². The Hall–Kier alpha value is -1.19. The van der Waals surface area contributed by atoms with Crippen LogP contribution in [0.4, 0.5) is 4.39 Å². The van der Waals surface area contributed by atoms with Crippen molar-refractivity contribution in [2.45, 2.75) is 4.83 Å². The molecule has 0 aromatic heterocycles. The highest BCUT2D eigenvalue weighted by Crippen LogP contribution is 2.34. The molecule has 0 saturated heterocycles. The Bertz CT molecular complexity index is 768. The van der Waals surface area contributed by atoms with Gasteiger partial charge in [-0.15, -0.1) is 0 Å². The van der Waals surface area contributed by atoms with Crippen LogP contribution in [0.5, 0.6) is 0 Å². The topological polar surface area (TPSA) is 0 Å². The van der Waals surface area contributed by atoms with Crippen LogP contribution in [-0.2, 0) is 0 Å². The summed E-state index contributed by atoms with van der Waals surface area (Å²) in [7, 11) is 0. The van der Waals surface area contributed by atoms with Crippen LogP contribution in [0.15, 0.2) is 65.1 Å². The number of alkyl halides is 1. The van der Waals surface area contributed by atoms with Gasteiger partial charge in [0, 0.05) is 0 Å². The van der Waals surface area contributed by atoms with Crippen LogP contribution in [0.1, 0.15) is 16.0 Å². The third kappa shape index (κ3) is 2.65. The van der Waals surface area contributed by atoms with Crippen molar-refractivity contribution < 1.29 is 4.39 Å². The van der Waals surface area contributed by atoms with E-state index >= 15 is 0 Å². The predicted molar refractivity (Wildman–Crippen MR) is 88.8 cm³/mol. The Morgan fingerprint density at radius 1 is 0.800 bits per heavy atom. The first-order chi connectivity index (χ1) is 9.65. The molecule has 0 aliphatic carbocycles. The van der Waals surface area contributed by atoms with Crippen molar-refractivity contribution in [1.29, 1.82) is 0 Å². The summed E-state index contributed by atoms with van der Waals surface area (Å²) in [6.45, 7) is 0. The van der Waals surface area contributed by atoms with Gasteiger partial charge in [0.05, 0.1) is 9.30 Å². The molecule has 1 unspecified atom stereocenters. The summed E-state index contributed by atoms with van der Waals surface area (Å²) in [5.74, 6) is -0.244. The fourth-order valence-corrected chi connectivity index (χ4v) is 3.19. The highest BCUT2D eigenvalue weighted by molar-refractivity contribution is 9.10. The van der Waals surface area contributed by atoms with Gasteiger partial charge in [-0.05, 0) is 56.0 Å². The van der Waals surface area contributed by atoms with Crippen LogP contribution < -0.4 is 0 Å². The van der Waals surface area contributed by atoms with Crippen molar-refractivity contribution in [3.8, 4) is 0 Å². The molecule has 0 bridgehead atoms. The average molecular weight is 394 g/mol.